The van der Waals surface area contributed by atoms with E-state index in [4.69, 9.17) is 9.47 Å². The van der Waals surface area contributed by atoms with E-state index in [1.807, 2.05) is 0 Å². The zero-order valence-corrected chi connectivity index (χ0v) is 17.9. The molecule has 1 aromatic rings. The second kappa shape index (κ2) is 15.0. The molecule has 0 atom stereocenters. The first-order valence-electron chi connectivity index (χ1n) is 9.87. The third-order valence-corrected chi connectivity index (χ3v) is 4.01. The number of aromatic nitrogens is 1. The number of hydrogen-bond acceptors (Lipinski definition) is 8. The topological polar surface area (TPSA) is 160 Å². The molecule has 0 radical (unpaired) electrons. The van der Waals surface area contributed by atoms with Gasteiger partial charge in [0.25, 0.3) is 0 Å². The molecule has 0 saturated heterocycles. The largest absolute Gasteiger partial charge is 0.494 e. The van der Waals surface area contributed by atoms with Gasteiger partial charge in [-0.15, -0.1) is 0 Å². The summed E-state index contributed by atoms with van der Waals surface area (Å²) in [5.74, 6) is -0.985. The average molecular weight is 444 g/mol. The molecule has 0 aliphatic rings. The molecular formula is C19H32N4O8. The number of hydrogen-bond donors (Lipinski definition) is 5. The van der Waals surface area contributed by atoms with E-state index in [9.17, 15) is 24.6 Å². The zero-order valence-electron chi connectivity index (χ0n) is 17.9. The maximum Gasteiger partial charge on any atom is 0.246 e. The van der Waals surface area contributed by atoms with Crippen LogP contribution < -0.4 is 16.0 Å². The molecule has 12 heteroatoms. The third-order valence-electron chi connectivity index (χ3n) is 4.01. The number of rotatable bonds is 16. The highest BCUT2D eigenvalue weighted by molar-refractivity contribution is 5.78. The van der Waals surface area contributed by atoms with Crippen LogP contribution in [-0.4, -0.2) is 92.3 Å². The Morgan fingerprint density at radius 1 is 0.903 bits per heavy atom. The molecule has 12 nitrogen and oxygen atoms in total. The molecule has 31 heavy (non-hydrogen) atoms. The van der Waals surface area contributed by atoms with Crippen molar-refractivity contribution in [3.63, 3.8) is 0 Å². The number of ether oxygens (including phenoxy) is 3. The molecule has 0 fully saturated rings. The van der Waals surface area contributed by atoms with Gasteiger partial charge in [-0.1, -0.05) is 0 Å². The van der Waals surface area contributed by atoms with Crippen LogP contribution in [0.4, 0.5) is 0 Å². The summed E-state index contributed by atoms with van der Waals surface area (Å²) in [7, 11) is 1.44. The van der Waals surface area contributed by atoms with E-state index in [-0.39, 0.29) is 82.0 Å². The fourth-order valence-corrected chi connectivity index (χ4v) is 2.46. The average Bonchev–Trinajstić information content (AvgIpc) is 2.97. The van der Waals surface area contributed by atoms with E-state index in [1.165, 1.54) is 17.7 Å². The number of nitrogens with one attached hydrogen (secondary N) is 3. The molecule has 1 rings (SSSR count). The molecule has 0 aliphatic heterocycles. The van der Waals surface area contributed by atoms with E-state index in [0.29, 0.717) is 18.7 Å². The van der Waals surface area contributed by atoms with E-state index in [2.05, 4.69) is 20.7 Å². The number of nitrogens with zero attached hydrogens (tertiary/aromatic N) is 1. The molecule has 0 aromatic carbocycles. The lowest BCUT2D eigenvalue weighted by atomic mass is 10.3. The maximum atomic E-state index is 11.8. The van der Waals surface area contributed by atoms with Gasteiger partial charge in [-0.25, -0.2) is 0 Å². The summed E-state index contributed by atoms with van der Waals surface area (Å²) in [6, 6.07) is 1.42. The highest BCUT2D eigenvalue weighted by Crippen LogP contribution is 2.26. The summed E-state index contributed by atoms with van der Waals surface area (Å²) in [4.78, 5) is 34.6. The van der Waals surface area contributed by atoms with Crippen molar-refractivity contribution in [3.8, 4) is 11.8 Å². The molecule has 0 saturated carbocycles. The van der Waals surface area contributed by atoms with Gasteiger partial charge in [-0.2, -0.15) is 0 Å². The van der Waals surface area contributed by atoms with Crippen LogP contribution in [-0.2, 0) is 35.1 Å². The van der Waals surface area contributed by atoms with Crippen molar-refractivity contribution in [2.24, 2.45) is 0 Å². The van der Waals surface area contributed by atoms with Crippen molar-refractivity contribution >= 4 is 17.7 Å². The Bertz CT molecular complexity index is 707. The van der Waals surface area contributed by atoms with E-state index < -0.39 is 0 Å². The lowest BCUT2D eigenvalue weighted by Crippen LogP contribution is -2.36. The van der Waals surface area contributed by atoms with Gasteiger partial charge in [0.05, 0.1) is 19.8 Å². The highest BCUT2D eigenvalue weighted by Gasteiger charge is 2.12. The molecule has 0 spiro atoms. The number of carbonyl (C=O) groups excluding carboxylic acids is 3. The molecular weight excluding hydrogens is 412 g/mol. The number of aromatic hydroxyl groups is 2. The number of aryl methyl sites for hydroxylation is 1. The second-order valence-electron chi connectivity index (χ2n) is 6.56. The van der Waals surface area contributed by atoms with Gasteiger partial charge in [0, 0.05) is 51.3 Å². The molecule has 0 aliphatic carbocycles. The van der Waals surface area contributed by atoms with Gasteiger partial charge in [-0.05, 0) is 6.92 Å². The molecule has 1 heterocycles. The Morgan fingerprint density at radius 2 is 1.52 bits per heavy atom. The van der Waals surface area contributed by atoms with E-state index in [0.717, 1.165) is 0 Å². The molecule has 176 valence electrons. The Hall–Kier alpha value is -2.83. The quantitative estimate of drug-likeness (QED) is 0.195. The molecule has 3 amide bonds. The van der Waals surface area contributed by atoms with Crippen LogP contribution in [0.1, 0.15) is 12.0 Å². The van der Waals surface area contributed by atoms with Crippen molar-refractivity contribution in [1.82, 2.24) is 20.5 Å². The summed E-state index contributed by atoms with van der Waals surface area (Å²) in [6.07, 6.45) is 0.0718. The van der Waals surface area contributed by atoms with Crippen LogP contribution in [0.2, 0.25) is 0 Å². The van der Waals surface area contributed by atoms with Crippen molar-refractivity contribution in [2.45, 2.75) is 19.9 Å². The van der Waals surface area contributed by atoms with Gasteiger partial charge < -0.3 is 40.4 Å². The first kappa shape index (κ1) is 26.2. The van der Waals surface area contributed by atoms with Gasteiger partial charge in [0.2, 0.25) is 17.7 Å². The fourth-order valence-electron chi connectivity index (χ4n) is 2.46. The molecule has 0 unspecified atom stereocenters. The highest BCUT2D eigenvalue weighted by atomic mass is 16.5. The van der Waals surface area contributed by atoms with Crippen LogP contribution in [0, 0.1) is 6.92 Å². The number of methoxy groups -OCH3 is 1. The monoisotopic (exact) mass is 444 g/mol. The minimum atomic E-state index is -0.321. The van der Waals surface area contributed by atoms with Crippen LogP contribution in [0.5, 0.6) is 11.8 Å². The minimum Gasteiger partial charge on any atom is -0.494 e. The number of carbonyl (C=O) groups is 3. The summed E-state index contributed by atoms with van der Waals surface area (Å²) >= 11 is 0. The summed E-state index contributed by atoms with van der Waals surface area (Å²) < 4.78 is 16.3. The van der Waals surface area contributed by atoms with Crippen LogP contribution in [0.3, 0.4) is 0 Å². The van der Waals surface area contributed by atoms with Crippen LogP contribution in [0.15, 0.2) is 6.07 Å². The van der Waals surface area contributed by atoms with E-state index >= 15 is 0 Å². The smallest absolute Gasteiger partial charge is 0.246 e. The van der Waals surface area contributed by atoms with Gasteiger partial charge in [-0.3, -0.25) is 19.0 Å². The Labute approximate surface area is 180 Å². The predicted octanol–water partition coefficient (Wildman–Crippen LogP) is -1.37. The molecule has 5 N–H and O–H groups in total. The Kier molecular flexibility index (Phi) is 12.7. The molecule has 0 bridgehead atoms. The van der Waals surface area contributed by atoms with Crippen molar-refractivity contribution < 1.29 is 38.8 Å². The van der Waals surface area contributed by atoms with Gasteiger partial charge in [0.15, 0.2) is 11.8 Å². The van der Waals surface area contributed by atoms with Crippen molar-refractivity contribution in [2.75, 3.05) is 59.8 Å². The van der Waals surface area contributed by atoms with Crippen LogP contribution >= 0.6 is 0 Å². The zero-order chi connectivity index (χ0) is 23.1. The summed E-state index contributed by atoms with van der Waals surface area (Å²) in [5, 5.41) is 27.3. The molecule has 1 aromatic heterocycles. The van der Waals surface area contributed by atoms with Gasteiger partial charge in [0.1, 0.15) is 13.2 Å². The minimum absolute atomic E-state index is 0.00449. The first-order chi connectivity index (χ1) is 14.8. The van der Waals surface area contributed by atoms with E-state index in [1.54, 1.807) is 6.92 Å². The maximum absolute atomic E-state index is 11.8. The summed E-state index contributed by atoms with van der Waals surface area (Å²) in [5.41, 5.74) is 0.529. The fraction of sp³-hybridized carbons (Fsp3) is 0.632. The normalized spacial score (nSPS) is 10.6. The lowest BCUT2D eigenvalue weighted by molar-refractivity contribution is -0.127. The third kappa shape index (κ3) is 11.2. The van der Waals surface area contributed by atoms with Crippen molar-refractivity contribution in [3.05, 3.63) is 11.6 Å². The summed E-state index contributed by atoms with van der Waals surface area (Å²) in [6.45, 7) is 3.35. The Morgan fingerprint density at radius 3 is 2.16 bits per heavy atom. The Balaban J connectivity index is 1.97. The lowest BCUT2D eigenvalue weighted by Gasteiger charge is -2.09. The van der Waals surface area contributed by atoms with Crippen LogP contribution in [0.25, 0.3) is 0 Å². The number of amides is 3. The SMILES string of the molecule is COCC(=O)NCCOCCOCC(=O)NCCNC(=O)CCn1c(O)cc(C)c1O. The second-order valence-corrected chi connectivity index (χ2v) is 6.56. The first-order valence-corrected chi connectivity index (χ1v) is 9.87. The predicted molar refractivity (Wildman–Crippen MR) is 110 cm³/mol. The van der Waals surface area contributed by atoms with Crippen molar-refractivity contribution in [1.29, 1.82) is 0 Å². The standard InChI is InChI=1S/C19H32N4O8/c1-14-11-18(27)23(19(14)28)7-3-15(24)20-4-5-21-17(26)13-31-10-9-30-8-6-22-16(25)12-29-2/h11,27-28H,3-10,12-13H2,1-2H3,(H,20,24)(H,21,26)(H,22,25). The van der Waals surface area contributed by atoms with Gasteiger partial charge >= 0.3 is 0 Å².